The van der Waals surface area contributed by atoms with Crippen molar-refractivity contribution < 1.29 is 8.42 Å². The fourth-order valence-corrected chi connectivity index (χ4v) is 3.18. The van der Waals surface area contributed by atoms with E-state index in [9.17, 15) is 8.42 Å². The van der Waals surface area contributed by atoms with Crippen molar-refractivity contribution >= 4 is 9.84 Å². The maximum absolute atomic E-state index is 11.5. The summed E-state index contributed by atoms with van der Waals surface area (Å²) < 4.78 is 22.9. The molecule has 1 N–H and O–H groups in total. The molecule has 2 rings (SSSR count). The Morgan fingerprint density at radius 2 is 1.89 bits per heavy atom. The maximum atomic E-state index is 11.5. The summed E-state index contributed by atoms with van der Waals surface area (Å²) in [7, 11) is -3.09. The van der Waals surface area contributed by atoms with Crippen LogP contribution in [0, 0.1) is 5.92 Å². The zero-order chi connectivity index (χ0) is 13.9. The lowest BCUT2D eigenvalue weighted by Crippen LogP contribution is -2.32. The van der Waals surface area contributed by atoms with Crippen LogP contribution in [0.1, 0.15) is 44.2 Å². The van der Waals surface area contributed by atoms with Crippen molar-refractivity contribution in [2.24, 2.45) is 5.92 Å². The van der Waals surface area contributed by atoms with Gasteiger partial charge >= 0.3 is 0 Å². The summed E-state index contributed by atoms with van der Waals surface area (Å²) in [6.45, 7) is 3.17. The molecule has 1 aliphatic rings. The van der Waals surface area contributed by atoms with Crippen LogP contribution in [0.4, 0.5) is 0 Å². The monoisotopic (exact) mass is 281 g/mol. The molecule has 1 saturated carbocycles. The van der Waals surface area contributed by atoms with E-state index >= 15 is 0 Å². The lowest BCUT2D eigenvalue weighted by atomic mass is 9.77. The summed E-state index contributed by atoms with van der Waals surface area (Å²) in [4.78, 5) is 0.402. The first-order valence-corrected chi connectivity index (χ1v) is 8.95. The molecule has 3 nitrogen and oxygen atoms in total. The number of sulfone groups is 1. The predicted molar refractivity (Wildman–Crippen MR) is 77.9 cm³/mol. The van der Waals surface area contributed by atoms with E-state index < -0.39 is 9.84 Å². The lowest BCUT2D eigenvalue weighted by Gasteiger charge is -2.35. The van der Waals surface area contributed by atoms with E-state index in [0.717, 1.165) is 13.0 Å². The molecule has 1 unspecified atom stereocenters. The molecule has 19 heavy (non-hydrogen) atoms. The largest absolute Gasteiger partial charge is 0.310 e. The standard InChI is InChI=1S/C15H23NO2S/c1-3-11-16-15(12-5-4-6-12)13-7-9-14(10-8-13)19(2,17)18/h7-10,12,15-16H,3-6,11H2,1-2H3. The number of rotatable bonds is 6. The van der Waals surface area contributed by atoms with E-state index in [2.05, 4.69) is 12.2 Å². The normalized spacial score (nSPS) is 18.0. The molecule has 0 aliphatic heterocycles. The Hall–Kier alpha value is -0.870. The van der Waals surface area contributed by atoms with E-state index in [1.54, 1.807) is 12.1 Å². The second-order valence-electron chi connectivity index (χ2n) is 5.46. The van der Waals surface area contributed by atoms with Crippen LogP contribution in [0.3, 0.4) is 0 Å². The number of nitrogens with one attached hydrogen (secondary N) is 1. The van der Waals surface area contributed by atoms with Gasteiger partial charge < -0.3 is 5.32 Å². The zero-order valence-corrected chi connectivity index (χ0v) is 12.5. The van der Waals surface area contributed by atoms with Gasteiger partial charge in [0.05, 0.1) is 4.90 Å². The highest BCUT2D eigenvalue weighted by atomic mass is 32.2. The molecule has 1 atom stereocenters. The highest BCUT2D eigenvalue weighted by molar-refractivity contribution is 7.90. The van der Waals surface area contributed by atoms with Gasteiger partial charge in [-0.2, -0.15) is 0 Å². The Balaban J connectivity index is 2.16. The van der Waals surface area contributed by atoms with Crippen LogP contribution in [0.2, 0.25) is 0 Å². The van der Waals surface area contributed by atoms with Gasteiger partial charge in [-0.05, 0) is 49.4 Å². The molecule has 0 saturated heterocycles. The Kier molecular flexibility index (Phi) is 4.63. The maximum Gasteiger partial charge on any atom is 0.175 e. The van der Waals surface area contributed by atoms with Gasteiger partial charge in [-0.25, -0.2) is 8.42 Å². The molecule has 1 aliphatic carbocycles. The fourth-order valence-electron chi connectivity index (χ4n) is 2.55. The molecule has 0 spiro atoms. The third-order valence-corrected chi connectivity index (χ3v) is 5.03. The molecule has 106 valence electrons. The van der Waals surface area contributed by atoms with Crippen LogP contribution < -0.4 is 5.32 Å². The smallest absolute Gasteiger partial charge is 0.175 e. The molecule has 1 aromatic carbocycles. The quantitative estimate of drug-likeness (QED) is 0.872. The molecule has 0 bridgehead atoms. The average Bonchev–Trinajstić information content (AvgIpc) is 2.31. The predicted octanol–water partition coefficient (Wildman–Crippen LogP) is 2.93. The van der Waals surface area contributed by atoms with Crippen molar-refractivity contribution in [3.63, 3.8) is 0 Å². The molecule has 1 fully saturated rings. The molecular formula is C15H23NO2S. The van der Waals surface area contributed by atoms with E-state index in [1.807, 2.05) is 12.1 Å². The first kappa shape index (κ1) is 14.5. The van der Waals surface area contributed by atoms with Gasteiger partial charge in [-0.1, -0.05) is 25.5 Å². The molecule has 0 aromatic heterocycles. The van der Waals surface area contributed by atoms with Gasteiger partial charge in [0.1, 0.15) is 0 Å². The van der Waals surface area contributed by atoms with Crippen LogP contribution in [0.15, 0.2) is 29.2 Å². The van der Waals surface area contributed by atoms with Crippen LogP contribution in [0.25, 0.3) is 0 Å². The summed E-state index contributed by atoms with van der Waals surface area (Å²) in [5, 5.41) is 3.60. The second-order valence-corrected chi connectivity index (χ2v) is 7.48. The number of hydrogen-bond donors (Lipinski definition) is 1. The van der Waals surface area contributed by atoms with Gasteiger partial charge in [0.2, 0.25) is 0 Å². The fraction of sp³-hybridized carbons (Fsp3) is 0.600. The molecule has 1 aromatic rings. The average molecular weight is 281 g/mol. The van der Waals surface area contributed by atoms with Gasteiger partial charge in [0.15, 0.2) is 9.84 Å². The molecule has 4 heteroatoms. The summed E-state index contributed by atoms with van der Waals surface area (Å²) >= 11 is 0. The van der Waals surface area contributed by atoms with Crippen molar-refractivity contribution in [1.29, 1.82) is 0 Å². The summed E-state index contributed by atoms with van der Waals surface area (Å²) in [6.07, 6.45) is 6.23. The minimum atomic E-state index is -3.09. The van der Waals surface area contributed by atoms with Crippen molar-refractivity contribution in [3.8, 4) is 0 Å². The van der Waals surface area contributed by atoms with Crippen LogP contribution in [-0.2, 0) is 9.84 Å². The first-order chi connectivity index (χ1) is 9.02. The van der Waals surface area contributed by atoms with Gasteiger partial charge in [-0.3, -0.25) is 0 Å². The topological polar surface area (TPSA) is 46.2 Å². The SMILES string of the molecule is CCCNC(c1ccc(S(C)(=O)=O)cc1)C1CCC1. The van der Waals surface area contributed by atoms with Gasteiger partial charge in [0, 0.05) is 12.3 Å². The highest BCUT2D eigenvalue weighted by Gasteiger charge is 2.28. The highest BCUT2D eigenvalue weighted by Crippen LogP contribution is 2.37. The van der Waals surface area contributed by atoms with Crippen molar-refractivity contribution in [2.75, 3.05) is 12.8 Å². The van der Waals surface area contributed by atoms with E-state index in [1.165, 1.54) is 31.1 Å². The summed E-state index contributed by atoms with van der Waals surface area (Å²) in [5.41, 5.74) is 1.21. The summed E-state index contributed by atoms with van der Waals surface area (Å²) in [5.74, 6) is 0.704. The Labute approximate surface area is 116 Å². The van der Waals surface area contributed by atoms with E-state index in [0.29, 0.717) is 16.9 Å². The third kappa shape index (κ3) is 3.57. The van der Waals surface area contributed by atoms with Crippen molar-refractivity contribution in [2.45, 2.75) is 43.5 Å². The first-order valence-electron chi connectivity index (χ1n) is 7.05. The molecular weight excluding hydrogens is 258 g/mol. The number of benzene rings is 1. The minimum Gasteiger partial charge on any atom is -0.310 e. The number of hydrogen-bond acceptors (Lipinski definition) is 3. The Bertz CT molecular complexity index is 503. The van der Waals surface area contributed by atoms with Crippen LogP contribution in [-0.4, -0.2) is 21.2 Å². The lowest BCUT2D eigenvalue weighted by molar-refractivity contribution is 0.231. The van der Waals surface area contributed by atoms with Crippen LogP contribution >= 0.6 is 0 Å². The van der Waals surface area contributed by atoms with Crippen molar-refractivity contribution in [1.82, 2.24) is 5.32 Å². The Morgan fingerprint density at radius 3 is 2.32 bits per heavy atom. The minimum absolute atomic E-state index is 0.377. The van der Waals surface area contributed by atoms with Crippen LogP contribution in [0.5, 0.6) is 0 Å². The van der Waals surface area contributed by atoms with Gasteiger partial charge in [-0.15, -0.1) is 0 Å². The van der Waals surface area contributed by atoms with E-state index in [4.69, 9.17) is 0 Å². The Morgan fingerprint density at radius 1 is 1.26 bits per heavy atom. The van der Waals surface area contributed by atoms with Crippen molar-refractivity contribution in [3.05, 3.63) is 29.8 Å². The molecule has 0 radical (unpaired) electrons. The third-order valence-electron chi connectivity index (χ3n) is 3.90. The summed E-state index contributed by atoms with van der Waals surface area (Å²) in [6, 6.07) is 7.75. The second kappa shape index (κ2) is 6.06. The van der Waals surface area contributed by atoms with Gasteiger partial charge in [0.25, 0.3) is 0 Å². The molecule has 0 amide bonds. The van der Waals surface area contributed by atoms with E-state index in [-0.39, 0.29) is 0 Å². The zero-order valence-electron chi connectivity index (χ0n) is 11.7. The molecule has 0 heterocycles.